The van der Waals surface area contributed by atoms with E-state index in [1.165, 1.54) is 35.2 Å². The quantitative estimate of drug-likeness (QED) is 0.210. The average molecular weight is 541 g/mol. The number of sulfonamides is 1. The van der Waals surface area contributed by atoms with Crippen LogP contribution in [0.5, 0.6) is 5.75 Å². The second-order valence-electron chi connectivity index (χ2n) is 7.42. The van der Waals surface area contributed by atoms with Gasteiger partial charge >= 0.3 is 0 Å². The number of hydrogen-bond donors (Lipinski definition) is 1. The molecule has 0 saturated carbocycles. The number of carbonyl (C=O) groups is 1. The highest BCUT2D eigenvalue weighted by Gasteiger charge is 2.29. The fourth-order valence-corrected chi connectivity index (χ4v) is 6.46. The predicted molar refractivity (Wildman–Crippen MR) is 143 cm³/mol. The van der Waals surface area contributed by atoms with Crippen LogP contribution < -0.4 is 14.4 Å². The maximum absolute atomic E-state index is 13.6. The van der Waals surface area contributed by atoms with Crippen molar-refractivity contribution in [2.75, 3.05) is 22.8 Å². The zero-order chi connectivity index (χ0) is 25.4. The summed E-state index contributed by atoms with van der Waals surface area (Å²) in [6.45, 7) is 1.69. The fourth-order valence-electron chi connectivity index (χ4n) is 3.29. The van der Waals surface area contributed by atoms with Crippen molar-refractivity contribution < 1.29 is 17.9 Å². The van der Waals surface area contributed by atoms with Gasteiger partial charge in [0.15, 0.2) is 4.34 Å². The van der Waals surface area contributed by atoms with Crippen LogP contribution in [0.1, 0.15) is 12.5 Å². The summed E-state index contributed by atoms with van der Waals surface area (Å²) in [5.74, 6) is 0.542. The molecular formula is C25H24N4O4S3. The normalized spacial score (nSPS) is 11.1. The predicted octanol–water partition coefficient (Wildman–Crippen LogP) is 5.06. The van der Waals surface area contributed by atoms with E-state index < -0.39 is 22.5 Å². The Balaban J connectivity index is 1.53. The lowest BCUT2D eigenvalue weighted by molar-refractivity contribution is -0.114. The first-order valence-corrected chi connectivity index (χ1v) is 14.3. The molecule has 1 aromatic heterocycles. The smallest absolute Gasteiger partial charge is 0.264 e. The summed E-state index contributed by atoms with van der Waals surface area (Å²) < 4.78 is 34.5. The van der Waals surface area contributed by atoms with Gasteiger partial charge in [0.1, 0.15) is 12.3 Å². The molecule has 0 saturated heterocycles. The van der Waals surface area contributed by atoms with Crippen LogP contribution in [0, 0.1) is 0 Å². The number of rotatable bonds is 11. The molecule has 1 heterocycles. The summed E-state index contributed by atoms with van der Waals surface area (Å²) in [6, 6.07) is 24.7. The number of benzene rings is 3. The molecule has 1 N–H and O–H groups in total. The van der Waals surface area contributed by atoms with Crippen LogP contribution in [0.25, 0.3) is 0 Å². The van der Waals surface area contributed by atoms with Gasteiger partial charge in [0.05, 0.1) is 17.2 Å². The molecule has 1 amide bonds. The number of anilines is 2. The number of carbonyl (C=O) groups excluding carboxylic acids is 1. The molecule has 0 unspecified atom stereocenters. The Labute approximate surface area is 218 Å². The minimum atomic E-state index is -4.06. The van der Waals surface area contributed by atoms with Crippen molar-refractivity contribution in [3.8, 4) is 5.75 Å². The summed E-state index contributed by atoms with van der Waals surface area (Å²) in [5.41, 5.74) is 1.42. The van der Waals surface area contributed by atoms with Crippen LogP contribution in [0.2, 0.25) is 0 Å². The van der Waals surface area contributed by atoms with Crippen molar-refractivity contribution in [2.45, 2.75) is 21.9 Å². The summed E-state index contributed by atoms with van der Waals surface area (Å²) in [6.07, 6.45) is 0. The Morgan fingerprint density at radius 1 is 0.972 bits per heavy atom. The molecule has 11 heteroatoms. The molecule has 36 heavy (non-hydrogen) atoms. The number of amides is 1. The summed E-state index contributed by atoms with van der Waals surface area (Å²) >= 11 is 2.75. The number of para-hydroxylation sites is 2. The SMILES string of the molecule is CCOc1ccccc1N(CC(=O)Nc1nnc(SCc2ccccc2)s1)S(=O)(=O)c1ccccc1. The first-order chi connectivity index (χ1) is 17.5. The van der Waals surface area contributed by atoms with E-state index >= 15 is 0 Å². The largest absolute Gasteiger partial charge is 0.492 e. The van der Waals surface area contributed by atoms with Crippen LogP contribution >= 0.6 is 23.1 Å². The Hall–Kier alpha value is -3.41. The Morgan fingerprint density at radius 2 is 1.64 bits per heavy atom. The third-order valence-electron chi connectivity index (χ3n) is 4.91. The van der Waals surface area contributed by atoms with Crippen LogP contribution in [-0.2, 0) is 20.6 Å². The van der Waals surface area contributed by atoms with E-state index in [0.29, 0.717) is 21.8 Å². The molecule has 0 aliphatic heterocycles. The van der Waals surface area contributed by atoms with Gasteiger partial charge in [-0.15, -0.1) is 10.2 Å². The number of hydrogen-bond acceptors (Lipinski definition) is 8. The van der Waals surface area contributed by atoms with Crippen LogP contribution in [-0.4, -0.2) is 37.7 Å². The molecule has 0 spiro atoms. The van der Waals surface area contributed by atoms with Crippen molar-refractivity contribution in [3.63, 3.8) is 0 Å². The molecule has 0 atom stereocenters. The molecule has 186 valence electrons. The van der Waals surface area contributed by atoms with Gasteiger partial charge < -0.3 is 4.74 Å². The third-order valence-corrected chi connectivity index (χ3v) is 8.73. The molecule has 8 nitrogen and oxygen atoms in total. The van der Waals surface area contributed by atoms with Crippen molar-refractivity contribution >= 4 is 49.8 Å². The number of thioether (sulfide) groups is 1. The molecule has 3 aromatic carbocycles. The van der Waals surface area contributed by atoms with Gasteiger partial charge in [0.25, 0.3) is 10.0 Å². The highest BCUT2D eigenvalue weighted by molar-refractivity contribution is 8.00. The van der Waals surface area contributed by atoms with Crippen molar-refractivity contribution in [3.05, 3.63) is 90.5 Å². The van der Waals surface area contributed by atoms with E-state index in [-0.39, 0.29) is 10.6 Å². The minimum Gasteiger partial charge on any atom is -0.492 e. The van der Waals surface area contributed by atoms with E-state index in [1.807, 2.05) is 37.3 Å². The Bertz CT molecular complexity index is 1400. The lowest BCUT2D eigenvalue weighted by Crippen LogP contribution is -2.38. The first-order valence-electron chi connectivity index (χ1n) is 11.1. The molecule has 0 aliphatic carbocycles. The van der Waals surface area contributed by atoms with Crippen molar-refractivity contribution in [2.24, 2.45) is 0 Å². The highest BCUT2D eigenvalue weighted by Crippen LogP contribution is 2.33. The maximum Gasteiger partial charge on any atom is 0.264 e. The number of nitrogens with zero attached hydrogens (tertiary/aromatic N) is 3. The van der Waals surface area contributed by atoms with Gasteiger partial charge in [-0.2, -0.15) is 0 Å². The topological polar surface area (TPSA) is 101 Å². The molecule has 0 bridgehead atoms. The van der Waals surface area contributed by atoms with Crippen molar-refractivity contribution in [1.29, 1.82) is 0 Å². The zero-order valence-electron chi connectivity index (χ0n) is 19.4. The molecular weight excluding hydrogens is 517 g/mol. The zero-order valence-corrected chi connectivity index (χ0v) is 21.9. The van der Waals surface area contributed by atoms with Gasteiger partial charge in [-0.3, -0.25) is 14.4 Å². The molecule has 0 fully saturated rings. The second kappa shape index (κ2) is 12.0. The second-order valence-corrected chi connectivity index (χ2v) is 11.5. The number of ether oxygens (including phenoxy) is 1. The summed E-state index contributed by atoms with van der Waals surface area (Å²) in [4.78, 5) is 13.1. The standard InChI is InChI=1S/C25H24N4O4S3/c1-2-33-22-16-10-9-15-21(22)29(36(31,32)20-13-7-4-8-14-20)17-23(30)26-24-27-28-25(35-24)34-18-19-11-5-3-6-12-19/h3-16H,2,17-18H2,1H3,(H,26,27,30). The third kappa shape index (κ3) is 6.42. The van der Waals surface area contributed by atoms with Crippen LogP contribution in [0.15, 0.2) is 94.2 Å². The van der Waals surface area contributed by atoms with Gasteiger partial charge in [0.2, 0.25) is 11.0 Å². The molecule has 4 aromatic rings. The monoisotopic (exact) mass is 540 g/mol. The highest BCUT2D eigenvalue weighted by atomic mass is 32.2. The molecule has 4 rings (SSSR count). The Kier molecular flexibility index (Phi) is 8.57. The van der Waals surface area contributed by atoms with Gasteiger partial charge in [0, 0.05) is 5.75 Å². The van der Waals surface area contributed by atoms with Gasteiger partial charge in [-0.1, -0.05) is 83.8 Å². The first kappa shape index (κ1) is 25.7. The van der Waals surface area contributed by atoms with Crippen LogP contribution in [0.3, 0.4) is 0 Å². The number of aromatic nitrogens is 2. The summed E-state index contributed by atoms with van der Waals surface area (Å²) in [5, 5.41) is 11.1. The maximum atomic E-state index is 13.6. The van der Waals surface area contributed by atoms with E-state index in [2.05, 4.69) is 15.5 Å². The lowest BCUT2D eigenvalue weighted by atomic mass is 10.2. The van der Waals surface area contributed by atoms with Crippen LogP contribution in [0.4, 0.5) is 10.8 Å². The lowest BCUT2D eigenvalue weighted by Gasteiger charge is -2.25. The molecule has 0 aliphatic rings. The minimum absolute atomic E-state index is 0.0691. The Morgan fingerprint density at radius 3 is 2.36 bits per heavy atom. The van der Waals surface area contributed by atoms with E-state index in [4.69, 9.17) is 4.74 Å². The fraction of sp³-hybridized carbons (Fsp3) is 0.160. The van der Waals surface area contributed by atoms with E-state index in [1.54, 1.807) is 42.5 Å². The van der Waals surface area contributed by atoms with E-state index in [9.17, 15) is 13.2 Å². The van der Waals surface area contributed by atoms with Crippen molar-refractivity contribution in [1.82, 2.24) is 10.2 Å². The molecule has 0 radical (unpaired) electrons. The average Bonchev–Trinajstić information content (AvgIpc) is 3.35. The van der Waals surface area contributed by atoms with Gasteiger partial charge in [-0.05, 0) is 36.8 Å². The number of nitrogens with one attached hydrogen (secondary N) is 1. The summed E-state index contributed by atoms with van der Waals surface area (Å²) in [7, 11) is -4.06. The van der Waals surface area contributed by atoms with E-state index in [0.717, 1.165) is 15.6 Å². The van der Waals surface area contributed by atoms with Gasteiger partial charge in [-0.25, -0.2) is 8.42 Å².